The molecule has 1 aromatic heterocycles. The number of esters is 1. The quantitative estimate of drug-likeness (QED) is 0.737. The number of carbonyl (C=O) groups is 3. The Morgan fingerprint density at radius 3 is 2.44 bits per heavy atom. The molecule has 0 aliphatic rings. The monoisotopic (exact) mass is 411 g/mol. The highest BCUT2D eigenvalue weighted by Crippen LogP contribution is 2.25. The number of hydrogen-bond acceptors (Lipinski definition) is 4. The van der Waals surface area contributed by atoms with Gasteiger partial charge < -0.3 is 19.9 Å². The van der Waals surface area contributed by atoms with Crippen molar-refractivity contribution in [2.45, 2.75) is 13.8 Å². The smallest absolute Gasteiger partial charge is 0.339 e. The number of methoxy groups -OCH3 is 1. The van der Waals surface area contributed by atoms with E-state index in [0.29, 0.717) is 32.6 Å². The molecule has 0 fully saturated rings. The number of nitrogens with one attached hydrogen (secondary N) is 2. The lowest BCUT2D eigenvalue weighted by Crippen LogP contribution is -2.35. The second-order valence-corrected chi connectivity index (χ2v) is 6.77. The van der Waals surface area contributed by atoms with Crippen molar-refractivity contribution in [2.75, 3.05) is 26.0 Å². The number of aromatic amines is 1. The summed E-state index contributed by atoms with van der Waals surface area (Å²) in [5.41, 5.74) is 2.01. The molecule has 0 aliphatic carbocycles. The number of amides is 2. The van der Waals surface area contributed by atoms with Gasteiger partial charge in [0.1, 0.15) is 5.69 Å². The molecular weight excluding hydrogens is 393 g/mol. The molecule has 2 aromatic rings. The number of hydrogen-bond donors (Lipinski definition) is 2. The van der Waals surface area contributed by atoms with E-state index < -0.39 is 17.8 Å². The Balaban J connectivity index is 2.10. The van der Waals surface area contributed by atoms with E-state index in [9.17, 15) is 14.4 Å². The maximum absolute atomic E-state index is 12.7. The second-order valence-electron chi connectivity index (χ2n) is 5.95. The number of H-pyrrole nitrogens is 1. The molecule has 27 heavy (non-hydrogen) atoms. The van der Waals surface area contributed by atoms with E-state index in [-0.39, 0.29) is 12.2 Å². The largest absolute Gasteiger partial charge is 0.465 e. The van der Waals surface area contributed by atoms with Crippen LogP contribution < -0.4 is 5.32 Å². The number of aryl methyl sites for hydroxylation is 1. The first kappa shape index (κ1) is 20.8. The summed E-state index contributed by atoms with van der Waals surface area (Å²) < 4.78 is 4.73. The third kappa shape index (κ3) is 4.61. The molecule has 144 valence electrons. The second kappa shape index (κ2) is 8.45. The normalized spacial score (nSPS) is 10.4. The zero-order valence-corrected chi connectivity index (χ0v) is 16.8. The van der Waals surface area contributed by atoms with Gasteiger partial charge in [-0.2, -0.15) is 0 Å². The molecule has 0 spiro atoms. The standard InChI is InChI=1S/C18H19Cl2N3O4/c1-9-15(18(26)27-4)10(2)21-16(9)17(25)23(3)8-14(24)22-11-5-6-12(19)13(20)7-11/h5-7,21H,8H2,1-4H3,(H,22,24). The first-order valence-corrected chi connectivity index (χ1v) is 8.69. The molecular formula is C18H19Cl2N3O4. The maximum atomic E-state index is 12.7. The molecule has 2 amide bonds. The average molecular weight is 412 g/mol. The topological polar surface area (TPSA) is 91.5 Å². The lowest BCUT2D eigenvalue weighted by molar-refractivity contribution is -0.116. The molecule has 0 radical (unpaired) electrons. The minimum atomic E-state index is -0.527. The molecule has 0 saturated heterocycles. The van der Waals surface area contributed by atoms with Crippen LogP contribution in [0.5, 0.6) is 0 Å². The number of benzene rings is 1. The number of aromatic nitrogens is 1. The zero-order chi connectivity index (χ0) is 20.3. The number of carbonyl (C=O) groups excluding carboxylic acids is 3. The van der Waals surface area contributed by atoms with E-state index >= 15 is 0 Å². The maximum Gasteiger partial charge on any atom is 0.339 e. The van der Waals surface area contributed by atoms with Crippen LogP contribution in [-0.2, 0) is 9.53 Å². The summed E-state index contributed by atoms with van der Waals surface area (Å²) in [6, 6.07) is 4.69. The number of ether oxygens (including phenoxy) is 1. The van der Waals surface area contributed by atoms with Crippen LogP contribution >= 0.6 is 23.2 Å². The average Bonchev–Trinajstić information content (AvgIpc) is 2.91. The minimum Gasteiger partial charge on any atom is -0.465 e. The van der Waals surface area contributed by atoms with E-state index in [1.165, 1.54) is 25.1 Å². The minimum absolute atomic E-state index is 0.190. The van der Waals surface area contributed by atoms with Gasteiger partial charge in [0.25, 0.3) is 5.91 Å². The molecule has 0 aliphatic heterocycles. The molecule has 2 N–H and O–H groups in total. The summed E-state index contributed by atoms with van der Waals surface area (Å²) in [7, 11) is 2.76. The first-order valence-electron chi connectivity index (χ1n) is 7.93. The number of likely N-dealkylation sites (N-methyl/N-ethyl adjacent to an activating group) is 1. The van der Waals surface area contributed by atoms with Crippen LogP contribution in [0.2, 0.25) is 10.0 Å². The van der Waals surface area contributed by atoms with Gasteiger partial charge in [-0.05, 0) is 37.6 Å². The van der Waals surface area contributed by atoms with Gasteiger partial charge in [0.05, 0.1) is 29.3 Å². The van der Waals surface area contributed by atoms with Crippen molar-refractivity contribution in [3.05, 3.63) is 50.8 Å². The van der Waals surface area contributed by atoms with Gasteiger partial charge in [-0.3, -0.25) is 9.59 Å². The van der Waals surface area contributed by atoms with E-state index in [1.54, 1.807) is 26.0 Å². The Morgan fingerprint density at radius 1 is 1.19 bits per heavy atom. The van der Waals surface area contributed by atoms with E-state index in [2.05, 4.69) is 10.3 Å². The summed E-state index contributed by atoms with van der Waals surface area (Å²) in [6.07, 6.45) is 0. The van der Waals surface area contributed by atoms with Gasteiger partial charge >= 0.3 is 5.97 Å². The molecule has 0 atom stereocenters. The van der Waals surface area contributed by atoms with Crippen LogP contribution in [0.4, 0.5) is 5.69 Å². The lowest BCUT2D eigenvalue weighted by atomic mass is 10.1. The number of anilines is 1. The molecule has 0 saturated carbocycles. The zero-order valence-electron chi connectivity index (χ0n) is 15.3. The summed E-state index contributed by atoms with van der Waals surface area (Å²) >= 11 is 11.8. The molecule has 2 rings (SSSR count). The molecule has 0 bridgehead atoms. The van der Waals surface area contributed by atoms with E-state index in [1.807, 2.05) is 0 Å². The van der Waals surface area contributed by atoms with E-state index in [0.717, 1.165) is 0 Å². The Hall–Kier alpha value is -2.51. The predicted octanol–water partition coefficient (Wildman–Crippen LogP) is 3.44. The SMILES string of the molecule is COC(=O)c1c(C)[nH]c(C(=O)N(C)CC(=O)Nc2ccc(Cl)c(Cl)c2)c1C. The van der Waals surface area contributed by atoms with Crippen LogP contribution in [0, 0.1) is 13.8 Å². The van der Waals surface area contributed by atoms with Gasteiger partial charge in [-0.1, -0.05) is 23.2 Å². The van der Waals surface area contributed by atoms with Crippen LogP contribution in [-0.4, -0.2) is 48.4 Å². The Bertz CT molecular complexity index is 908. The van der Waals surface area contributed by atoms with Crippen LogP contribution in [0.15, 0.2) is 18.2 Å². The third-order valence-electron chi connectivity index (χ3n) is 3.97. The summed E-state index contributed by atoms with van der Waals surface area (Å²) in [6.45, 7) is 3.13. The first-order chi connectivity index (χ1) is 12.6. The van der Waals surface area contributed by atoms with Gasteiger partial charge in [-0.25, -0.2) is 4.79 Å². The molecule has 0 unspecified atom stereocenters. The van der Waals surface area contributed by atoms with Gasteiger partial charge in [0.2, 0.25) is 5.91 Å². The van der Waals surface area contributed by atoms with Gasteiger partial charge in [0, 0.05) is 18.4 Å². The van der Waals surface area contributed by atoms with Gasteiger partial charge in [0.15, 0.2) is 0 Å². The van der Waals surface area contributed by atoms with E-state index in [4.69, 9.17) is 27.9 Å². The van der Waals surface area contributed by atoms with Crippen molar-refractivity contribution >= 4 is 46.7 Å². The fourth-order valence-corrected chi connectivity index (χ4v) is 2.92. The Morgan fingerprint density at radius 2 is 1.85 bits per heavy atom. The lowest BCUT2D eigenvalue weighted by Gasteiger charge is -2.17. The summed E-state index contributed by atoms with van der Waals surface area (Å²) in [5.74, 6) is -1.35. The highest BCUT2D eigenvalue weighted by Gasteiger charge is 2.25. The molecule has 1 aromatic carbocycles. The molecule has 1 heterocycles. The molecule has 7 nitrogen and oxygen atoms in total. The number of nitrogens with zero attached hydrogens (tertiary/aromatic N) is 1. The van der Waals surface area contributed by atoms with Crippen LogP contribution in [0.1, 0.15) is 32.1 Å². The van der Waals surface area contributed by atoms with Crippen molar-refractivity contribution in [1.29, 1.82) is 0 Å². The fraction of sp³-hybridized carbons (Fsp3) is 0.278. The fourth-order valence-electron chi connectivity index (χ4n) is 2.62. The summed E-state index contributed by atoms with van der Waals surface area (Å²) in [4.78, 5) is 40.8. The van der Waals surface area contributed by atoms with Crippen LogP contribution in [0.25, 0.3) is 0 Å². The van der Waals surface area contributed by atoms with Crippen molar-refractivity contribution < 1.29 is 19.1 Å². The highest BCUT2D eigenvalue weighted by molar-refractivity contribution is 6.42. The highest BCUT2D eigenvalue weighted by atomic mass is 35.5. The van der Waals surface area contributed by atoms with Crippen molar-refractivity contribution in [1.82, 2.24) is 9.88 Å². The van der Waals surface area contributed by atoms with Gasteiger partial charge in [-0.15, -0.1) is 0 Å². The Kier molecular flexibility index (Phi) is 6.51. The van der Waals surface area contributed by atoms with Crippen molar-refractivity contribution in [2.24, 2.45) is 0 Å². The van der Waals surface area contributed by atoms with Crippen LogP contribution in [0.3, 0.4) is 0 Å². The molecule has 9 heteroatoms. The van der Waals surface area contributed by atoms with Crippen molar-refractivity contribution in [3.63, 3.8) is 0 Å². The van der Waals surface area contributed by atoms with Crippen molar-refractivity contribution in [3.8, 4) is 0 Å². The Labute approximate surface area is 166 Å². The third-order valence-corrected chi connectivity index (χ3v) is 4.71. The summed E-state index contributed by atoms with van der Waals surface area (Å²) in [5, 5.41) is 3.33. The number of rotatable bonds is 5. The predicted molar refractivity (Wildman–Crippen MR) is 104 cm³/mol. The number of halogens is 2.